The van der Waals surface area contributed by atoms with Gasteiger partial charge in [0.2, 0.25) is 5.91 Å². The van der Waals surface area contributed by atoms with Crippen LogP contribution in [0.5, 0.6) is 11.5 Å². The van der Waals surface area contributed by atoms with E-state index in [1.165, 1.54) is 0 Å². The Labute approximate surface area is 134 Å². The van der Waals surface area contributed by atoms with Gasteiger partial charge in [-0.2, -0.15) is 0 Å². The van der Waals surface area contributed by atoms with E-state index in [2.05, 4.69) is 33.1 Å². The molecule has 0 fully saturated rings. The van der Waals surface area contributed by atoms with E-state index in [1.807, 2.05) is 19.1 Å². The molecule has 0 saturated carbocycles. The first kappa shape index (κ1) is 17.8. The zero-order valence-corrected chi connectivity index (χ0v) is 14.4. The van der Waals surface area contributed by atoms with Crippen molar-refractivity contribution < 1.29 is 14.6 Å². The molecule has 5 nitrogen and oxygen atoms in total. The van der Waals surface area contributed by atoms with Crippen molar-refractivity contribution in [1.29, 1.82) is 0 Å². The Morgan fingerprint density at radius 1 is 1.43 bits per heavy atom. The molecule has 1 aromatic carbocycles. The Kier molecular flexibility index (Phi) is 7.53. The summed E-state index contributed by atoms with van der Waals surface area (Å²) in [5, 5.41) is 12.6. The number of nitrogens with zero attached hydrogens (tertiary/aromatic N) is 1. The Morgan fingerprint density at radius 2 is 2.14 bits per heavy atom. The topological polar surface area (TPSA) is 61.8 Å². The van der Waals surface area contributed by atoms with Gasteiger partial charge in [0.05, 0.1) is 17.6 Å². The lowest BCUT2D eigenvalue weighted by Gasteiger charge is -2.21. The number of hydrogen-bond acceptors (Lipinski definition) is 4. The van der Waals surface area contributed by atoms with Gasteiger partial charge in [-0.15, -0.1) is 0 Å². The van der Waals surface area contributed by atoms with Gasteiger partial charge < -0.3 is 15.2 Å². The number of hydrogen-bond donors (Lipinski definition) is 2. The fourth-order valence-corrected chi connectivity index (χ4v) is 2.54. The number of benzene rings is 1. The molecule has 0 aliphatic heterocycles. The number of carbonyl (C=O) groups excluding carboxylic acids is 1. The van der Waals surface area contributed by atoms with E-state index >= 15 is 0 Å². The van der Waals surface area contributed by atoms with Crippen LogP contribution in [0.15, 0.2) is 16.6 Å². The van der Waals surface area contributed by atoms with Crippen molar-refractivity contribution in [3.05, 3.63) is 22.2 Å². The summed E-state index contributed by atoms with van der Waals surface area (Å²) in [5.74, 6) is 0.554. The van der Waals surface area contributed by atoms with Crippen molar-refractivity contribution in [2.45, 2.75) is 26.8 Å². The van der Waals surface area contributed by atoms with E-state index in [0.717, 1.165) is 18.5 Å². The molecule has 1 amide bonds. The first-order chi connectivity index (χ1) is 10.0. The number of nitrogens with one attached hydrogen (secondary N) is 1. The molecule has 1 aromatic rings. The van der Waals surface area contributed by atoms with Crippen molar-refractivity contribution in [1.82, 2.24) is 10.2 Å². The van der Waals surface area contributed by atoms with Gasteiger partial charge >= 0.3 is 0 Å². The molecule has 0 heterocycles. The molecule has 0 aromatic heterocycles. The van der Waals surface area contributed by atoms with Crippen molar-refractivity contribution in [2.24, 2.45) is 0 Å². The monoisotopic (exact) mass is 358 g/mol. The third-order valence-corrected chi connectivity index (χ3v) is 3.58. The predicted molar refractivity (Wildman–Crippen MR) is 86.6 cm³/mol. The Balaban J connectivity index is 2.89. The summed E-state index contributed by atoms with van der Waals surface area (Å²) < 4.78 is 6.02. The van der Waals surface area contributed by atoms with Gasteiger partial charge in [0.1, 0.15) is 0 Å². The normalized spacial score (nSPS) is 10.7. The van der Waals surface area contributed by atoms with Crippen molar-refractivity contribution in [3.8, 4) is 11.5 Å². The summed E-state index contributed by atoms with van der Waals surface area (Å²) in [7, 11) is 1.64. The molecule has 0 saturated heterocycles. The third-order valence-electron chi connectivity index (χ3n) is 2.98. The Hall–Kier alpha value is -1.27. The molecule has 0 spiro atoms. The van der Waals surface area contributed by atoms with Gasteiger partial charge in [-0.1, -0.05) is 6.92 Å². The van der Waals surface area contributed by atoms with E-state index in [1.54, 1.807) is 7.05 Å². The number of likely N-dealkylation sites (N-methyl/N-ethyl adjacent to an activating group) is 1. The SMILES string of the molecule is CCCN(CC(=O)NC)Cc1cc(Br)c(O)c(OCC)c1. The van der Waals surface area contributed by atoms with Gasteiger partial charge in [0, 0.05) is 13.6 Å². The standard InChI is InChI=1S/C15H23BrN2O3/c1-4-6-18(10-14(19)17-3)9-11-7-12(16)15(20)13(8-11)21-5-2/h7-8,20H,4-6,9-10H2,1-3H3,(H,17,19). The third kappa shape index (κ3) is 5.55. The second-order valence-electron chi connectivity index (χ2n) is 4.74. The minimum absolute atomic E-state index is 0.00803. The van der Waals surface area contributed by atoms with Crippen LogP contribution in [0.25, 0.3) is 0 Å². The first-order valence-electron chi connectivity index (χ1n) is 7.08. The van der Waals surface area contributed by atoms with Crippen LogP contribution in [0.4, 0.5) is 0 Å². The molecule has 0 unspecified atom stereocenters. The fourth-order valence-electron chi connectivity index (χ4n) is 2.05. The number of rotatable bonds is 8. The molecule has 0 aliphatic rings. The van der Waals surface area contributed by atoms with Crippen molar-refractivity contribution in [2.75, 3.05) is 26.7 Å². The van der Waals surface area contributed by atoms with Crippen LogP contribution in [0, 0.1) is 0 Å². The molecule has 2 N–H and O–H groups in total. The van der Waals surface area contributed by atoms with Crippen LogP contribution < -0.4 is 10.1 Å². The van der Waals surface area contributed by atoms with Crippen molar-refractivity contribution >= 4 is 21.8 Å². The van der Waals surface area contributed by atoms with Crippen molar-refractivity contribution in [3.63, 3.8) is 0 Å². The minimum Gasteiger partial charge on any atom is -0.503 e. The van der Waals surface area contributed by atoms with E-state index in [4.69, 9.17) is 4.74 Å². The van der Waals surface area contributed by atoms with Crippen LogP contribution in [-0.2, 0) is 11.3 Å². The van der Waals surface area contributed by atoms with Crippen LogP contribution >= 0.6 is 15.9 Å². The molecule has 21 heavy (non-hydrogen) atoms. The lowest BCUT2D eigenvalue weighted by atomic mass is 10.2. The summed E-state index contributed by atoms with van der Waals surface area (Å²) in [6, 6.07) is 3.67. The number of halogens is 1. The number of amides is 1. The highest BCUT2D eigenvalue weighted by Gasteiger charge is 2.13. The largest absolute Gasteiger partial charge is 0.503 e. The first-order valence-corrected chi connectivity index (χ1v) is 7.88. The summed E-state index contributed by atoms with van der Waals surface area (Å²) in [4.78, 5) is 13.6. The van der Waals surface area contributed by atoms with Crippen LogP contribution in [-0.4, -0.2) is 42.7 Å². The van der Waals surface area contributed by atoms with E-state index in [0.29, 0.717) is 29.9 Å². The van der Waals surface area contributed by atoms with E-state index < -0.39 is 0 Å². The lowest BCUT2D eigenvalue weighted by molar-refractivity contribution is -0.121. The zero-order valence-electron chi connectivity index (χ0n) is 12.8. The number of phenolic OH excluding ortho intramolecular Hbond substituents is 1. The van der Waals surface area contributed by atoms with E-state index in [9.17, 15) is 9.90 Å². The Bertz CT molecular complexity index is 480. The molecule has 0 radical (unpaired) electrons. The predicted octanol–water partition coefficient (Wildman–Crippen LogP) is 2.51. The van der Waals surface area contributed by atoms with Crippen LogP contribution in [0.3, 0.4) is 0 Å². The van der Waals surface area contributed by atoms with E-state index in [-0.39, 0.29) is 11.7 Å². The zero-order chi connectivity index (χ0) is 15.8. The average Bonchev–Trinajstić information content (AvgIpc) is 2.44. The van der Waals surface area contributed by atoms with Gasteiger partial charge in [0.25, 0.3) is 0 Å². The molecule has 0 aliphatic carbocycles. The summed E-state index contributed by atoms with van der Waals surface area (Å²) in [6.45, 7) is 6.24. The summed E-state index contributed by atoms with van der Waals surface area (Å²) in [5.41, 5.74) is 0.987. The molecule has 118 valence electrons. The smallest absolute Gasteiger partial charge is 0.233 e. The highest BCUT2D eigenvalue weighted by Crippen LogP contribution is 2.35. The maximum absolute atomic E-state index is 11.6. The highest BCUT2D eigenvalue weighted by atomic mass is 79.9. The molecule has 6 heteroatoms. The van der Waals surface area contributed by atoms with Gasteiger partial charge in [-0.3, -0.25) is 9.69 Å². The Morgan fingerprint density at radius 3 is 2.71 bits per heavy atom. The van der Waals surface area contributed by atoms with Gasteiger partial charge in [0.15, 0.2) is 11.5 Å². The highest BCUT2D eigenvalue weighted by molar-refractivity contribution is 9.10. The number of aromatic hydroxyl groups is 1. The minimum atomic E-state index is -0.00803. The summed E-state index contributed by atoms with van der Waals surface area (Å²) in [6.07, 6.45) is 0.967. The van der Waals surface area contributed by atoms with Gasteiger partial charge in [-0.05, 0) is 53.5 Å². The fraction of sp³-hybridized carbons (Fsp3) is 0.533. The summed E-state index contributed by atoms with van der Waals surface area (Å²) >= 11 is 3.33. The molecule has 0 bridgehead atoms. The molecule has 1 rings (SSSR count). The number of carbonyl (C=O) groups is 1. The second kappa shape index (κ2) is 8.89. The quantitative estimate of drug-likeness (QED) is 0.749. The maximum atomic E-state index is 11.6. The number of ether oxygens (including phenoxy) is 1. The average molecular weight is 359 g/mol. The molecule has 0 atom stereocenters. The van der Waals surface area contributed by atoms with Crippen LogP contribution in [0.2, 0.25) is 0 Å². The molecular formula is C15H23BrN2O3. The molecular weight excluding hydrogens is 336 g/mol. The maximum Gasteiger partial charge on any atom is 0.233 e. The second-order valence-corrected chi connectivity index (χ2v) is 5.60. The van der Waals surface area contributed by atoms with Crippen LogP contribution in [0.1, 0.15) is 25.8 Å². The lowest BCUT2D eigenvalue weighted by Crippen LogP contribution is -2.35. The number of phenols is 1. The van der Waals surface area contributed by atoms with Gasteiger partial charge in [-0.25, -0.2) is 0 Å².